The second kappa shape index (κ2) is 4.76. The first-order chi connectivity index (χ1) is 7.83. The average molecular weight is 217 g/mol. The molecule has 2 aromatic heterocycles. The van der Waals surface area contributed by atoms with Crippen molar-refractivity contribution in [3.63, 3.8) is 0 Å². The van der Waals surface area contributed by atoms with E-state index < -0.39 is 0 Å². The molecule has 2 heterocycles. The highest BCUT2D eigenvalue weighted by atomic mass is 15.0. The van der Waals surface area contributed by atoms with Crippen LogP contribution in [0.1, 0.15) is 6.42 Å². The first kappa shape index (κ1) is 10.6. The van der Waals surface area contributed by atoms with Gasteiger partial charge in [0.1, 0.15) is 5.82 Å². The highest BCUT2D eigenvalue weighted by Gasteiger charge is 2.07. The van der Waals surface area contributed by atoms with E-state index in [1.807, 2.05) is 16.7 Å². The third kappa shape index (κ3) is 2.04. The van der Waals surface area contributed by atoms with E-state index in [-0.39, 0.29) is 0 Å². The number of aryl methyl sites for hydroxylation is 1. The Balaban J connectivity index is 2.33. The molecular formula is C11H15N5. The molecule has 0 saturated carbocycles. The maximum Gasteiger partial charge on any atom is 0.132 e. The summed E-state index contributed by atoms with van der Waals surface area (Å²) in [5.41, 5.74) is 13.2. The molecule has 0 aromatic carbocycles. The molecule has 0 fully saturated rings. The Kier molecular flexibility index (Phi) is 3.16. The van der Waals surface area contributed by atoms with Crippen LogP contribution in [0.4, 0.5) is 5.82 Å². The number of imidazole rings is 1. The van der Waals surface area contributed by atoms with Gasteiger partial charge in [-0.2, -0.15) is 0 Å². The minimum absolute atomic E-state index is 0.525. The van der Waals surface area contributed by atoms with Crippen molar-refractivity contribution in [1.29, 1.82) is 0 Å². The van der Waals surface area contributed by atoms with Gasteiger partial charge in [-0.15, -0.1) is 0 Å². The van der Waals surface area contributed by atoms with Crippen molar-refractivity contribution in [2.24, 2.45) is 5.73 Å². The Hall–Kier alpha value is -1.88. The van der Waals surface area contributed by atoms with E-state index in [0.29, 0.717) is 12.4 Å². The van der Waals surface area contributed by atoms with Gasteiger partial charge in [-0.25, -0.2) is 9.97 Å². The lowest BCUT2D eigenvalue weighted by Gasteiger charge is -2.08. The molecule has 0 atom stereocenters. The van der Waals surface area contributed by atoms with Crippen molar-refractivity contribution in [3.05, 3.63) is 30.9 Å². The van der Waals surface area contributed by atoms with Crippen molar-refractivity contribution in [1.82, 2.24) is 14.5 Å². The number of hydrogen-bond donors (Lipinski definition) is 2. The van der Waals surface area contributed by atoms with Gasteiger partial charge in [-0.1, -0.05) is 0 Å². The molecule has 5 nitrogen and oxygen atoms in total. The van der Waals surface area contributed by atoms with Crippen LogP contribution in [-0.2, 0) is 6.54 Å². The molecule has 2 aromatic rings. The average Bonchev–Trinajstić information content (AvgIpc) is 2.75. The lowest BCUT2D eigenvalue weighted by Crippen LogP contribution is -2.06. The largest absolute Gasteiger partial charge is 0.383 e. The summed E-state index contributed by atoms with van der Waals surface area (Å²) >= 11 is 0. The first-order valence-corrected chi connectivity index (χ1v) is 5.24. The fourth-order valence-electron chi connectivity index (χ4n) is 1.62. The van der Waals surface area contributed by atoms with Crippen molar-refractivity contribution >= 4 is 5.82 Å². The summed E-state index contributed by atoms with van der Waals surface area (Å²) in [5.74, 6) is 0.525. The van der Waals surface area contributed by atoms with Gasteiger partial charge in [0.25, 0.3) is 0 Å². The normalized spacial score (nSPS) is 10.6. The number of aromatic nitrogens is 3. The lowest BCUT2D eigenvalue weighted by molar-refractivity contribution is 0.655. The van der Waals surface area contributed by atoms with Crippen LogP contribution >= 0.6 is 0 Å². The van der Waals surface area contributed by atoms with Gasteiger partial charge in [0.05, 0.1) is 18.2 Å². The number of rotatable bonds is 4. The minimum Gasteiger partial charge on any atom is -0.383 e. The van der Waals surface area contributed by atoms with Crippen LogP contribution in [0.2, 0.25) is 0 Å². The molecule has 5 heteroatoms. The van der Waals surface area contributed by atoms with Crippen LogP contribution in [-0.4, -0.2) is 21.1 Å². The molecule has 2 rings (SSSR count). The third-order valence-corrected chi connectivity index (χ3v) is 2.43. The summed E-state index contributed by atoms with van der Waals surface area (Å²) in [7, 11) is 0. The lowest BCUT2D eigenvalue weighted by atomic mass is 10.2. The smallest absolute Gasteiger partial charge is 0.132 e. The molecule has 0 bridgehead atoms. The molecule has 0 spiro atoms. The highest BCUT2D eigenvalue weighted by Crippen LogP contribution is 2.23. The minimum atomic E-state index is 0.525. The number of nitrogens with two attached hydrogens (primary N) is 2. The van der Waals surface area contributed by atoms with Crippen LogP contribution in [0.3, 0.4) is 0 Å². The quantitative estimate of drug-likeness (QED) is 0.796. The standard InChI is InChI=1S/C11H15N5/c12-4-2-6-16-8-14-7-10(16)9-3-1-5-15-11(9)13/h1,3,5,7-8H,2,4,6,12H2,(H2,13,15). The zero-order chi connectivity index (χ0) is 11.4. The topological polar surface area (TPSA) is 82.8 Å². The number of nitrogen functional groups attached to an aromatic ring is 1. The second-order valence-electron chi connectivity index (χ2n) is 3.55. The maximum absolute atomic E-state index is 5.83. The van der Waals surface area contributed by atoms with E-state index >= 15 is 0 Å². The molecule has 84 valence electrons. The van der Waals surface area contributed by atoms with Gasteiger partial charge in [-0.3, -0.25) is 0 Å². The van der Waals surface area contributed by atoms with Crippen molar-refractivity contribution in [2.75, 3.05) is 12.3 Å². The summed E-state index contributed by atoms with van der Waals surface area (Å²) in [4.78, 5) is 8.20. The van der Waals surface area contributed by atoms with E-state index in [4.69, 9.17) is 11.5 Å². The van der Waals surface area contributed by atoms with E-state index in [9.17, 15) is 0 Å². The molecule has 0 aliphatic heterocycles. The Morgan fingerprint density at radius 1 is 1.38 bits per heavy atom. The van der Waals surface area contributed by atoms with Gasteiger partial charge in [0, 0.05) is 18.3 Å². The Morgan fingerprint density at radius 2 is 2.25 bits per heavy atom. The van der Waals surface area contributed by atoms with Gasteiger partial charge >= 0.3 is 0 Å². The second-order valence-corrected chi connectivity index (χ2v) is 3.55. The molecule has 0 aliphatic rings. The fourth-order valence-corrected chi connectivity index (χ4v) is 1.62. The zero-order valence-corrected chi connectivity index (χ0v) is 9.00. The predicted molar refractivity (Wildman–Crippen MR) is 63.5 cm³/mol. The number of pyridine rings is 1. The number of nitrogens with zero attached hydrogens (tertiary/aromatic N) is 3. The van der Waals surface area contributed by atoms with Crippen molar-refractivity contribution in [2.45, 2.75) is 13.0 Å². The van der Waals surface area contributed by atoms with E-state index in [1.54, 1.807) is 18.7 Å². The highest BCUT2D eigenvalue weighted by molar-refractivity contribution is 5.70. The van der Waals surface area contributed by atoms with Crippen LogP contribution < -0.4 is 11.5 Å². The van der Waals surface area contributed by atoms with Crippen LogP contribution in [0, 0.1) is 0 Å². The third-order valence-electron chi connectivity index (χ3n) is 2.43. The van der Waals surface area contributed by atoms with E-state index in [2.05, 4.69) is 9.97 Å². The van der Waals surface area contributed by atoms with E-state index in [1.165, 1.54) is 0 Å². The van der Waals surface area contributed by atoms with Gasteiger partial charge in [-0.05, 0) is 25.1 Å². The van der Waals surface area contributed by atoms with Crippen LogP contribution in [0.25, 0.3) is 11.3 Å². The summed E-state index contributed by atoms with van der Waals surface area (Å²) in [6, 6.07) is 3.81. The molecule has 0 amide bonds. The summed E-state index contributed by atoms with van der Waals surface area (Å²) < 4.78 is 2.04. The van der Waals surface area contributed by atoms with Crippen LogP contribution in [0.5, 0.6) is 0 Å². The summed E-state index contributed by atoms with van der Waals surface area (Å²) in [5, 5.41) is 0. The Labute approximate surface area is 94.1 Å². The number of hydrogen-bond acceptors (Lipinski definition) is 4. The van der Waals surface area contributed by atoms with Crippen LogP contribution in [0.15, 0.2) is 30.9 Å². The van der Waals surface area contributed by atoms with Gasteiger partial charge in [0.2, 0.25) is 0 Å². The molecule has 0 radical (unpaired) electrons. The molecule has 0 unspecified atom stereocenters. The molecule has 0 aliphatic carbocycles. The van der Waals surface area contributed by atoms with Crippen molar-refractivity contribution < 1.29 is 0 Å². The first-order valence-electron chi connectivity index (χ1n) is 5.24. The Morgan fingerprint density at radius 3 is 3.00 bits per heavy atom. The predicted octanol–water partition coefficient (Wildman–Crippen LogP) is 0.876. The Bertz CT molecular complexity index is 463. The number of anilines is 1. The molecule has 0 saturated heterocycles. The monoisotopic (exact) mass is 217 g/mol. The summed E-state index contributed by atoms with van der Waals surface area (Å²) in [6.07, 6.45) is 6.18. The molecule has 16 heavy (non-hydrogen) atoms. The summed E-state index contributed by atoms with van der Waals surface area (Å²) in [6.45, 7) is 1.51. The SMILES string of the molecule is NCCCn1cncc1-c1cccnc1N. The van der Waals surface area contributed by atoms with E-state index in [0.717, 1.165) is 24.2 Å². The maximum atomic E-state index is 5.83. The van der Waals surface area contributed by atoms with Gasteiger partial charge in [0.15, 0.2) is 0 Å². The van der Waals surface area contributed by atoms with Gasteiger partial charge < -0.3 is 16.0 Å². The molecule has 4 N–H and O–H groups in total. The molecular weight excluding hydrogens is 202 g/mol. The zero-order valence-electron chi connectivity index (χ0n) is 9.00. The fraction of sp³-hybridized carbons (Fsp3) is 0.273. The van der Waals surface area contributed by atoms with Crippen molar-refractivity contribution in [3.8, 4) is 11.3 Å².